The maximum absolute atomic E-state index is 13.0. The van der Waals surface area contributed by atoms with E-state index in [-0.39, 0.29) is 12.4 Å². The molecule has 146 valence electrons. The highest BCUT2D eigenvalue weighted by Crippen LogP contribution is 2.35. The molecule has 26 heavy (non-hydrogen) atoms. The van der Waals surface area contributed by atoms with E-state index in [1.54, 1.807) is 6.07 Å². The zero-order valence-electron chi connectivity index (χ0n) is 15.0. The van der Waals surface area contributed by atoms with Gasteiger partial charge in [0.1, 0.15) is 12.4 Å². The highest BCUT2D eigenvalue weighted by Gasteiger charge is 2.34. The first-order valence-corrected chi connectivity index (χ1v) is 9.34. The Balaban J connectivity index is 1.38. The van der Waals surface area contributed by atoms with E-state index in [2.05, 4.69) is 9.80 Å². The third-order valence-corrected chi connectivity index (χ3v) is 5.18. The van der Waals surface area contributed by atoms with Crippen molar-refractivity contribution in [3.8, 4) is 5.75 Å². The van der Waals surface area contributed by atoms with Gasteiger partial charge in [-0.1, -0.05) is 12.1 Å². The quantitative estimate of drug-likeness (QED) is 0.766. The molecule has 0 aromatic heterocycles. The summed E-state index contributed by atoms with van der Waals surface area (Å²) in [5.74, 6) is 0.649. The van der Waals surface area contributed by atoms with Gasteiger partial charge in [0.2, 0.25) is 0 Å². The Morgan fingerprint density at radius 2 is 1.65 bits per heavy atom. The smallest absolute Gasteiger partial charge is 0.419 e. The molecule has 2 saturated heterocycles. The summed E-state index contributed by atoms with van der Waals surface area (Å²) in [7, 11) is 0. The lowest BCUT2D eigenvalue weighted by molar-refractivity contribution is -0.139. The van der Waals surface area contributed by atoms with Crippen LogP contribution in [0, 0.1) is 5.92 Å². The number of ether oxygens (including phenoxy) is 2. The summed E-state index contributed by atoms with van der Waals surface area (Å²) in [6, 6.07) is 5.39. The molecule has 0 spiro atoms. The Kier molecular flexibility index (Phi) is 6.78. The largest absolute Gasteiger partial charge is 0.492 e. The fourth-order valence-corrected chi connectivity index (χ4v) is 3.60. The number of alkyl halides is 3. The maximum atomic E-state index is 13.0. The number of nitrogens with zero attached hydrogens (tertiary/aromatic N) is 2. The standard InChI is InChI=1S/C19H27F3N2O2/c20-19(21,22)17-3-1-2-4-18(17)26-14-11-23-7-9-24(10-8-23)15-16-5-12-25-13-6-16/h1-4,16H,5-15H2. The van der Waals surface area contributed by atoms with Crippen molar-refractivity contribution in [1.82, 2.24) is 9.80 Å². The number of piperazine rings is 1. The van der Waals surface area contributed by atoms with Crippen LogP contribution in [0.15, 0.2) is 24.3 Å². The Morgan fingerprint density at radius 1 is 1.00 bits per heavy atom. The third-order valence-electron chi connectivity index (χ3n) is 5.18. The van der Waals surface area contributed by atoms with E-state index in [1.165, 1.54) is 12.1 Å². The topological polar surface area (TPSA) is 24.9 Å². The van der Waals surface area contributed by atoms with Crippen LogP contribution in [0.3, 0.4) is 0 Å². The molecule has 0 amide bonds. The molecule has 4 nitrogen and oxygen atoms in total. The van der Waals surface area contributed by atoms with Gasteiger partial charge in [-0.25, -0.2) is 0 Å². The van der Waals surface area contributed by atoms with Crippen LogP contribution < -0.4 is 4.74 Å². The highest BCUT2D eigenvalue weighted by atomic mass is 19.4. The average molecular weight is 372 g/mol. The van der Waals surface area contributed by atoms with Gasteiger partial charge in [-0.05, 0) is 30.9 Å². The van der Waals surface area contributed by atoms with Gasteiger partial charge in [-0.2, -0.15) is 13.2 Å². The summed E-state index contributed by atoms with van der Waals surface area (Å²) < 4.78 is 49.7. The van der Waals surface area contributed by atoms with Gasteiger partial charge < -0.3 is 14.4 Å². The van der Waals surface area contributed by atoms with Crippen LogP contribution in [0.25, 0.3) is 0 Å². The van der Waals surface area contributed by atoms with Crippen molar-refractivity contribution in [2.45, 2.75) is 19.0 Å². The number of para-hydroxylation sites is 1. The minimum absolute atomic E-state index is 0.0850. The molecule has 0 radical (unpaired) electrons. The molecule has 3 rings (SSSR count). The normalized spacial score (nSPS) is 21.0. The van der Waals surface area contributed by atoms with Crippen molar-refractivity contribution in [2.75, 3.05) is 59.1 Å². The first-order valence-electron chi connectivity index (χ1n) is 9.34. The third kappa shape index (κ3) is 5.59. The highest BCUT2D eigenvalue weighted by molar-refractivity contribution is 5.35. The van der Waals surface area contributed by atoms with E-state index < -0.39 is 11.7 Å². The Labute approximate surface area is 152 Å². The molecule has 2 heterocycles. The Morgan fingerprint density at radius 3 is 2.35 bits per heavy atom. The van der Waals surface area contributed by atoms with Crippen LogP contribution in [0.5, 0.6) is 5.75 Å². The van der Waals surface area contributed by atoms with Gasteiger partial charge in [-0.15, -0.1) is 0 Å². The van der Waals surface area contributed by atoms with E-state index >= 15 is 0 Å². The van der Waals surface area contributed by atoms with Gasteiger partial charge in [0.25, 0.3) is 0 Å². The molecule has 2 aliphatic rings. The van der Waals surface area contributed by atoms with Crippen LogP contribution in [-0.2, 0) is 10.9 Å². The minimum atomic E-state index is -4.38. The van der Waals surface area contributed by atoms with Gasteiger partial charge in [0.15, 0.2) is 0 Å². The van der Waals surface area contributed by atoms with Gasteiger partial charge in [0.05, 0.1) is 5.56 Å². The van der Waals surface area contributed by atoms with Gasteiger partial charge >= 0.3 is 6.18 Å². The number of halogens is 3. The van der Waals surface area contributed by atoms with Gasteiger partial charge in [0, 0.05) is 52.5 Å². The van der Waals surface area contributed by atoms with Crippen molar-refractivity contribution < 1.29 is 22.6 Å². The van der Waals surface area contributed by atoms with E-state index in [9.17, 15) is 13.2 Å². The van der Waals surface area contributed by atoms with Crippen molar-refractivity contribution in [1.29, 1.82) is 0 Å². The summed E-state index contributed by atoms with van der Waals surface area (Å²) in [4.78, 5) is 4.75. The van der Waals surface area contributed by atoms with Gasteiger partial charge in [-0.3, -0.25) is 4.90 Å². The van der Waals surface area contributed by atoms with Crippen molar-refractivity contribution in [3.05, 3.63) is 29.8 Å². The summed E-state index contributed by atoms with van der Waals surface area (Å²) in [6.45, 7) is 7.70. The Hall–Kier alpha value is -1.31. The van der Waals surface area contributed by atoms with Crippen molar-refractivity contribution in [2.24, 2.45) is 5.92 Å². The molecule has 0 aliphatic carbocycles. The lowest BCUT2D eigenvalue weighted by atomic mass is 9.99. The number of hydrogen-bond acceptors (Lipinski definition) is 4. The second-order valence-corrected chi connectivity index (χ2v) is 7.04. The van der Waals surface area contributed by atoms with Crippen LogP contribution in [-0.4, -0.2) is 68.9 Å². The van der Waals surface area contributed by atoms with E-state index in [0.717, 1.165) is 70.8 Å². The first kappa shape index (κ1) is 19.5. The lowest BCUT2D eigenvalue weighted by Crippen LogP contribution is -2.49. The predicted molar refractivity (Wildman–Crippen MR) is 93.4 cm³/mol. The molecule has 0 unspecified atom stereocenters. The van der Waals surface area contributed by atoms with Crippen LogP contribution in [0.1, 0.15) is 18.4 Å². The van der Waals surface area contributed by atoms with E-state index in [0.29, 0.717) is 6.54 Å². The summed E-state index contributed by atoms with van der Waals surface area (Å²) >= 11 is 0. The summed E-state index contributed by atoms with van der Waals surface area (Å²) in [6.07, 6.45) is -2.09. The fourth-order valence-electron chi connectivity index (χ4n) is 3.60. The number of rotatable bonds is 6. The monoisotopic (exact) mass is 372 g/mol. The van der Waals surface area contributed by atoms with E-state index in [1.807, 2.05) is 0 Å². The molecule has 0 N–H and O–H groups in total. The molecular weight excluding hydrogens is 345 g/mol. The molecule has 0 saturated carbocycles. The van der Waals surface area contributed by atoms with E-state index in [4.69, 9.17) is 9.47 Å². The molecule has 2 fully saturated rings. The molecule has 0 bridgehead atoms. The zero-order valence-corrected chi connectivity index (χ0v) is 15.0. The molecular formula is C19H27F3N2O2. The molecule has 1 aromatic carbocycles. The predicted octanol–water partition coefficient (Wildman–Crippen LogP) is 3.13. The second kappa shape index (κ2) is 9.06. The molecule has 2 aliphatic heterocycles. The Bertz CT molecular complexity index is 554. The van der Waals surface area contributed by atoms with Crippen LogP contribution >= 0.6 is 0 Å². The molecule has 7 heteroatoms. The van der Waals surface area contributed by atoms with Crippen molar-refractivity contribution >= 4 is 0 Å². The first-order chi connectivity index (χ1) is 12.5. The minimum Gasteiger partial charge on any atom is -0.492 e. The van der Waals surface area contributed by atoms with Crippen molar-refractivity contribution in [3.63, 3.8) is 0 Å². The average Bonchev–Trinajstić information content (AvgIpc) is 2.64. The lowest BCUT2D eigenvalue weighted by Gasteiger charge is -2.37. The fraction of sp³-hybridized carbons (Fsp3) is 0.684. The zero-order chi connectivity index (χ0) is 18.4. The van der Waals surface area contributed by atoms with Crippen LogP contribution in [0.4, 0.5) is 13.2 Å². The summed E-state index contributed by atoms with van der Waals surface area (Å²) in [5.41, 5.74) is -0.707. The number of benzene rings is 1. The number of hydrogen-bond donors (Lipinski definition) is 0. The second-order valence-electron chi connectivity index (χ2n) is 7.04. The molecule has 0 atom stereocenters. The molecule has 1 aromatic rings. The maximum Gasteiger partial charge on any atom is 0.419 e. The summed E-state index contributed by atoms with van der Waals surface area (Å²) in [5, 5.41) is 0. The SMILES string of the molecule is FC(F)(F)c1ccccc1OCCN1CCN(CC2CCOCC2)CC1. The van der Waals surface area contributed by atoms with Crippen LogP contribution in [0.2, 0.25) is 0 Å².